The molecule has 0 aliphatic carbocycles. The topological polar surface area (TPSA) is 68.3 Å². The second kappa shape index (κ2) is 9.09. The number of methoxy groups -OCH3 is 2. The van der Waals surface area contributed by atoms with Crippen molar-refractivity contribution >= 4 is 29.1 Å². The van der Waals surface area contributed by atoms with Crippen molar-refractivity contribution < 1.29 is 9.47 Å². The number of hydrogen-bond acceptors (Lipinski definition) is 6. The van der Waals surface area contributed by atoms with Gasteiger partial charge in [0.05, 0.1) is 19.9 Å². The predicted molar refractivity (Wildman–Crippen MR) is 109 cm³/mol. The molecule has 0 bridgehead atoms. The molecule has 1 aromatic heterocycles. The van der Waals surface area contributed by atoms with Gasteiger partial charge in [-0.1, -0.05) is 23.7 Å². The Kier molecular flexibility index (Phi) is 6.33. The molecule has 3 aromatic rings. The van der Waals surface area contributed by atoms with E-state index in [4.69, 9.17) is 21.1 Å². The highest BCUT2D eigenvalue weighted by atomic mass is 35.5. The molecule has 0 amide bonds. The highest BCUT2D eigenvalue weighted by molar-refractivity contribution is 6.30. The fraction of sp³-hybridized carbons (Fsp3) is 0.200. The smallest absolute Gasteiger partial charge is 0.224 e. The summed E-state index contributed by atoms with van der Waals surface area (Å²) in [6.07, 6.45) is 2.52. The Morgan fingerprint density at radius 2 is 1.93 bits per heavy atom. The summed E-state index contributed by atoms with van der Waals surface area (Å²) in [7, 11) is 3.24. The second-order valence-electron chi connectivity index (χ2n) is 5.76. The van der Waals surface area contributed by atoms with Crippen LogP contribution in [-0.4, -0.2) is 30.7 Å². The normalized spacial score (nSPS) is 10.3. The van der Waals surface area contributed by atoms with Crippen LogP contribution in [-0.2, 0) is 6.42 Å². The van der Waals surface area contributed by atoms with Gasteiger partial charge in [0.25, 0.3) is 0 Å². The average molecular weight is 385 g/mol. The molecule has 6 nitrogen and oxygen atoms in total. The molecule has 3 rings (SSSR count). The summed E-state index contributed by atoms with van der Waals surface area (Å²) in [5, 5.41) is 7.21. The van der Waals surface area contributed by atoms with E-state index in [0.29, 0.717) is 24.1 Å². The maximum Gasteiger partial charge on any atom is 0.224 e. The maximum atomic E-state index is 6.01. The van der Waals surface area contributed by atoms with Crippen LogP contribution in [0.5, 0.6) is 11.5 Å². The largest absolute Gasteiger partial charge is 0.497 e. The van der Waals surface area contributed by atoms with Crippen molar-refractivity contribution in [3.8, 4) is 11.5 Å². The van der Waals surface area contributed by atoms with E-state index >= 15 is 0 Å². The number of nitrogens with one attached hydrogen (secondary N) is 2. The molecule has 7 heteroatoms. The Balaban J connectivity index is 1.65. The summed E-state index contributed by atoms with van der Waals surface area (Å²) in [4.78, 5) is 8.75. The number of hydrogen-bond donors (Lipinski definition) is 2. The molecule has 2 aromatic carbocycles. The van der Waals surface area contributed by atoms with Gasteiger partial charge in [-0.05, 0) is 42.3 Å². The first-order valence-corrected chi connectivity index (χ1v) is 8.86. The molecule has 0 spiro atoms. The molecule has 0 unspecified atom stereocenters. The monoisotopic (exact) mass is 384 g/mol. The first-order chi connectivity index (χ1) is 13.2. The molecule has 0 aliphatic rings. The summed E-state index contributed by atoms with van der Waals surface area (Å²) in [6.45, 7) is 0.701. The number of ether oxygens (including phenoxy) is 2. The predicted octanol–water partition coefficient (Wildman–Crippen LogP) is 4.55. The minimum Gasteiger partial charge on any atom is -0.497 e. The van der Waals surface area contributed by atoms with E-state index < -0.39 is 0 Å². The van der Waals surface area contributed by atoms with Gasteiger partial charge >= 0.3 is 0 Å². The number of rotatable bonds is 8. The van der Waals surface area contributed by atoms with Crippen LogP contribution in [0.2, 0.25) is 5.02 Å². The molecule has 0 fully saturated rings. The molecular formula is C20H21ClN4O2. The number of halogens is 1. The lowest BCUT2D eigenvalue weighted by Gasteiger charge is -2.13. The first kappa shape index (κ1) is 18.8. The van der Waals surface area contributed by atoms with E-state index in [9.17, 15) is 0 Å². The number of anilines is 3. The Hall–Kier alpha value is -2.99. The second-order valence-corrected chi connectivity index (χ2v) is 6.20. The maximum absolute atomic E-state index is 6.01. The van der Waals surface area contributed by atoms with E-state index in [-0.39, 0.29) is 0 Å². The van der Waals surface area contributed by atoms with E-state index in [0.717, 1.165) is 28.4 Å². The first-order valence-electron chi connectivity index (χ1n) is 8.48. The van der Waals surface area contributed by atoms with Crippen LogP contribution in [0, 0.1) is 0 Å². The van der Waals surface area contributed by atoms with Crippen LogP contribution in [0.25, 0.3) is 0 Å². The van der Waals surface area contributed by atoms with Crippen LogP contribution in [0.1, 0.15) is 5.56 Å². The highest BCUT2D eigenvalue weighted by Gasteiger charge is 2.07. The van der Waals surface area contributed by atoms with Crippen LogP contribution in [0.4, 0.5) is 17.5 Å². The van der Waals surface area contributed by atoms with Gasteiger partial charge in [0, 0.05) is 23.8 Å². The van der Waals surface area contributed by atoms with Gasteiger partial charge in [0.2, 0.25) is 5.95 Å². The van der Waals surface area contributed by atoms with Crippen LogP contribution < -0.4 is 20.1 Å². The van der Waals surface area contributed by atoms with Crippen molar-refractivity contribution in [2.45, 2.75) is 6.42 Å². The van der Waals surface area contributed by atoms with Crippen molar-refractivity contribution in [2.24, 2.45) is 0 Å². The molecule has 0 radical (unpaired) electrons. The molecule has 0 atom stereocenters. The SMILES string of the molecule is COc1ccc(OC)c(Nc2ccnc(NCCc3cccc(Cl)c3)n2)c1. The summed E-state index contributed by atoms with van der Waals surface area (Å²) in [5.41, 5.74) is 1.92. The highest BCUT2D eigenvalue weighted by Crippen LogP contribution is 2.31. The third-order valence-electron chi connectivity index (χ3n) is 3.91. The minimum absolute atomic E-state index is 0.545. The van der Waals surface area contributed by atoms with Crippen LogP contribution >= 0.6 is 11.6 Å². The van der Waals surface area contributed by atoms with Gasteiger partial charge in [-0.15, -0.1) is 0 Å². The quantitative estimate of drug-likeness (QED) is 0.594. The van der Waals surface area contributed by atoms with E-state index in [1.807, 2.05) is 42.5 Å². The summed E-state index contributed by atoms with van der Waals surface area (Å²) in [5.74, 6) is 2.63. The Bertz CT molecular complexity index is 905. The molecule has 140 valence electrons. The number of nitrogens with zero attached hydrogens (tertiary/aromatic N) is 2. The fourth-order valence-electron chi connectivity index (χ4n) is 2.57. The zero-order chi connectivity index (χ0) is 19.1. The minimum atomic E-state index is 0.545. The van der Waals surface area contributed by atoms with Crippen molar-refractivity contribution in [1.29, 1.82) is 0 Å². The lowest BCUT2D eigenvalue weighted by molar-refractivity contribution is 0.405. The molecule has 2 N–H and O–H groups in total. The fourth-order valence-corrected chi connectivity index (χ4v) is 2.79. The number of aromatic nitrogens is 2. The average Bonchev–Trinajstić information content (AvgIpc) is 2.68. The number of benzene rings is 2. The van der Waals surface area contributed by atoms with Gasteiger partial charge in [-0.2, -0.15) is 4.98 Å². The zero-order valence-electron chi connectivity index (χ0n) is 15.2. The van der Waals surface area contributed by atoms with Crippen molar-refractivity contribution in [2.75, 3.05) is 31.4 Å². The van der Waals surface area contributed by atoms with Crippen molar-refractivity contribution in [3.63, 3.8) is 0 Å². The summed E-state index contributed by atoms with van der Waals surface area (Å²) < 4.78 is 10.7. The van der Waals surface area contributed by atoms with Gasteiger partial charge in [0.1, 0.15) is 17.3 Å². The molecular weight excluding hydrogens is 364 g/mol. The molecule has 0 aliphatic heterocycles. The van der Waals surface area contributed by atoms with Crippen molar-refractivity contribution in [1.82, 2.24) is 9.97 Å². The van der Waals surface area contributed by atoms with Crippen LogP contribution in [0.3, 0.4) is 0 Å². The third kappa shape index (κ3) is 5.24. The third-order valence-corrected chi connectivity index (χ3v) is 4.15. The zero-order valence-corrected chi connectivity index (χ0v) is 16.0. The Labute approximate surface area is 163 Å². The van der Waals surface area contributed by atoms with E-state index in [2.05, 4.69) is 20.6 Å². The van der Waals surface area contributed by atoms with E-state index in [1.165, 1.54) is 0 Å². The molecule has 0 saturated heterocycles. The standard InChI is InChI=1S/C20H21ClN4O2/c1-26-16-6-7-18(27-2)17(13-16)24-19-9-11-23-20(25-19)22-10-8-14-4-3-5-15(21)12-14/h3-7,9,11-13H,8,10H2,1-2H3,(H2,22,23,24,25). The van der Waals surface area contributed by atoms with Gasteiger partial charge in [-0.3, -0.25) is 0 Å². The van der Waals surface area contributed by atoms with Gasteiger partial charge in [0.15, 0.2) is 0 Å². The Morgan fingerprint density at radius 1 is 1.04 bits per heavy atom. The lowest BCUT2D eigenvalue weighted by atomic mass is 10.1. The van der Waals surface area contributed by atoms with E-state index in [1.54, 1.807) is 26.5 Å². The molecule has 1 heterocycles. The lowest BCUT2D eigenvalue weighted by Crippen LogP contribution is -2.08. The summed E-state index contributed by atoms with van der Waals surface area (Å²) >= 11 is 6.01. The molecule has 27 heavy (non-hydrogen) atoms. The molecule has 0 saturated carbocycles. The van der Waals surface area contributed by atoms with Crippen molar-refractivity contribution in [3.05, 3.63) is 65.3 Å². The van der Waals surface area contributed by atoms with Gasteiger partial charge < -0.3 is 20.1 Å². The van der Waals surface area contributed by atoms with Gasteiger partial charge in [-0.25, -0.2) is 4.98 Å². The Morgan fingerprint density at radius 3 is 2.70 bits per heavy atom. The summed E-state index contributed by atoms with van der Waals surface area (Å²) in [6, 6.07) is 15.1. The van der Waals surface area contributed by atoms with Crippen LogP contribution in [0.15, 0.2) is 54.7 Å².